The van der Waals surface area contributed by atoms with Gasteiger partial charge in [0.05, 0.1) is 36.0 Å². The molecule has 1 N–H and O–H groups in total. The average molecular weight is 478 g/mol. The number of nitro benzene ring substituents is 1. The number of phenols is 1. The molecule has 1 aliphatic rings. The molecule has 0 unspecified atom stereocenters. The van der Waals surface area contributed by atoms with Crippen LogP contribution in [0.3, 0.4) is 0 Å². The molecule has 34 heavy (non-hydrogen) atoms. The lowest BCUT2D eigenvalue weighted by atomic mass is 10.2. The van der Waals surface area contributed by atoms with Crippen LogP contribution in [0.1, 0.15) is 16.9 Å². The van der Waals surface area contributed by atoms with E-state index in [-0.39, 0.29) is 23.9 Å². The van der Waals surface area contributed by atoms with E-state index < -0.39 is 4.92 Å². The van der Waals surface area contributed by atoms with Crippen molar-refractivity contribution in [2.45, 2.75) is 6.54 Å². The maximum absolute atomic E-state index is 13.1. The normalized spacial score (nSPS) is 16.1. The molecule has 1 amide bonds. The van der Waals surface area contributed by atoms with Crippen molar-refractivity contribution in [3.63, 3.8) is 0 Å². The van der Waals surface area contributed by atoms with E-state index in [0.29, 0.717) is 32.7 Å². The van der Waals surface area contributed by atoms with Crippen molar-refractivity contribution in [1.29, 1.82) is 0 Å². The van der Waals surface area contributed by atoms with Gasteiger partial charge in [0.25, 0.3) is 11.6 Å². The second kappa shape index (κ2) is 10.0. The predicted octanol–water partition coefficient (Wildman–Crippen LogP) is 4.41. The molecule has 1 aromatic heterocycles. The van der Waals surface area contributed by atoms with Gasteiger partial charge in [-0.2, -0.15) is 5.10 Å². The molecular formula is C23H18N4O6S. The summed E-state index contributed by atoms with van der Waals surface area (Å²) in [5.74, 6) is 0.586. The highest BCUT2D eigenvalue weighted by molar-refractivity contribution is 8.18. The number of phenolic OH excluding ortho intramolecular Hbond substituents is 1. The van der Waals surface area contributed by atoms with E-state index in [9.17, 15) is 20.0 Å². The first-order valence-corrected chi connectivity index (χ1v) is 10.7. The Hall–Kier alpha value is -4.38. The number of rotatable bonds is 7. The Bertz CT molecular complexity index is 1300. The summed E-state index contributed by atoms with van der Waals surface area (Å²) in [5, 5.41) is 29.2. The number of methoxy groups -OCH3 is 1. The Balaban J connectivity index is 1.61. The van der Waals surface area contributed by atoms with Crippen molar-refractivity contribution in [3.8, 4) is 11.5 Å². The smallest absolute Gasteiger partial charge is 0.269 e. The quantitative estimate of drug-likeness (QED) is 0.230. The molecule has 3 aromatic rings. The summed E-state index contributed by atoms with van der Waals surface area (Å²) in [6.45, 7) is 0.168. The zero-order valence-electron chi connectivity index (χ0n) is 17.8. The predicted molar refractivity (Wildman–Crippen MR) is 128 cm³/mol. The number of carbonyl (C=O) groups is 1. The standard InChI is InChI=1S/C23H18N4O6S/c1-32-20-11-16(6-9-19(20)28)12-21-22(29)26(14-18-3-2-10-33-18)23(34-21)25-24-13-15-4-7-17(8-5-15)27(30)31/h2-13,28H,14H2,1H3/b21-12-,24-13-,25-23+. The molecule has 4 rings (SSSR count). The van der Waals surface area contributed by atoms with Crippen molar-refractivity contribution in [2.24, 2.45) is 10.2 Å². The third-order valence-electron chi connectivity index (χ3n) is 4.74. The molecule has 172 valence electrons. The van der Waals surface area contributed by atoms with Gasteiger partial charge in [0.15, 0.2) is 16.7 Å². The minimum atomic E-state index is -0.480. The van der Waals surface area contributed by atoms with E-state index in [1.54, 1.807) is 42.5 Å². The number of amidine groups is 1. The van der Waals surface area contributed by atoms with E-state index in [1.165, 1.54) is 42.7 Å². The van der Waals surface area contributed by atoms with Crippen LogP contribution in [0.15, 0.2) is 80.4 Å². The van der Waals surface area contributed by atoms with Crippen molar-refractivity contribution in [2.75, 3.05) is 7.11 Å². The number of furan rings is 1. The fourth-order valence-corrected chi connectivity index (χ4v) is 3.98. The van der Waals surface area contributed by atoms with Gasteiger partial charge in [-0.3, -0.25) is 19.8 Å². The summed E-state index contributed by atoms with van der Waals surface area (Å²) < 4.78 is 10.5. The van der Waals surface area contributed by atoms with Gasteiger partial charge in [-0.1, -0.05) is 6.07 Å². The minimum Gasteiger partial charge on any atom is -0.504 e. The topological polar surface area (TPSA) is 131 Å². The fraction of sp³-hybridized carbons (Fsp3) is 0.0870. The summed E-state index contributed by atoms with van der Waals surface area (Å²) in [6.07, 6.45) is 4.64. The van der Waals surface area contributed by atoms with Crippen LogP contribution in [0.2, 0.25) is 0 Å². The maximum atomic E-state index is 13.1. The molecule has 1 fully saturated rings. The number of benzene rings is 2. The lowest BCUT2D eigenvalue weighted by Gasteiger charge is -2.12. The Morgan fingerprint density at radius 1 is 1.21 bits per heavy atom. The molecule has 0 radical (unpaired) electrons. The molecular weight excluding hydrogens is 460 g/mol. The van der Waals surface area contributed by atoms with Gasteiger partial charge < -0.3 is 14.3 Å². The van der Waals surface area contributed by atoms with Crippen LogP contribution in [-0.4, -0.2) is 39.3 Å². The lowest BCUT2D eigenvalue weighted by molar-refractivity contribution is -0.384. The molecule has 1 saturated heterocycles. The van der Waals surface area contributed by atoms with Crippen LogP contribution in [-0.2, 0) is 11.3 Å². The van der Waals surface area contributed by atoms with Gasteiger partial charge in [0, 0.05) is 12.1 Å². The number of carbonyl (C=O) groups excluding carboxylic acids is 1. The van der Waals surface area contributed by atoms with Crippen molar-refractivity contribution in [1.82, 2.24) is 4.90 Å². The van der Waals surface area contributed by atoms with Gasteiger partial charge in [0.1, 0.15) is 5.76 Å². The lowest BCUT2D eigenvalue weighted by Crippen LogP contribution is -2.28. The third-order valence-corrected chi connectivity index (χ3v) is 5.73. The van der Waals surface area contributed by atoms with E-state index in [4.69, 9.17) is 9.15 Å². The zero-order chi connectivity index (χ0) is 24.1. The number of aromatic hydroxyl groups is 1. The van der Waals surface area contributed by atoms with E-state index >= 15 is 0 Å². The fourth-order valence-electron chi connectivity index (χ4n) is 3.04. The maximum Gasteiger partial charge on any atom is 0.269 e. The molecule has 2 heterocycles. The van der Waals surface area contributed by atoms with Crippen molar-refractivity contribution >= 4 is 40.8 Å². The van der Waals surface area contributed by atoms with Crippen LogP contribution in [0.5, 0.6) is 11.5 Å². The molecule has 2 aromatic carbocycles. The third kappa shape index (κ3) is 5.15. The summed E-state index contributed by atoms with van der Waals surface area (Å²) >= 11 is 1.14. The van der Waals surface area contributed by atoms with Gasteiger partial charge in [-0.25, -0.2) is 0 Å². The highest BCUT2D eigenvalue weighted by Crippen LogP contribution is 2.35. The summed E-state index contributed by atoms with van der Waals surface area (Å²) in [6, 6.07) is 14.1. The number of nitro groups is 1. The van der Waals surface area contributed by atoms with E-state index in [1.807, 2.05) is 0 Å². The Morgan fingerprint density at radius 3 is 2.65 bits per heavy atom. The summed E-state index contributed by atoms with van der Waals surface area (Å²) in [5.41, 5.74) is 1.26. The number of non-ortho nitro benzene ring substituents is 1. The number of thioether (sulfide) groups is 1. The Kier molecular flexibility index (Phi) is 6.74. The molecule has 0 aliphatic carbocycles. The first-order valence-electron chi connectivity index (χ1n) is 9.91. The molecule has 0 saturated carbocycles. The summed E-state index contributed by atoms with van der Waals surface area (Å²) in [4.78, 5) is 25.3. The highest BCUT2D eigenvalue weighted by atomic mass is 32.2. The molecule has 0 atom stereocenters. The largest absolute Gasteiger partial charge is 0.504 e. The summed E-state index contributed by atoms with van der Waals surface area (Å²) in [7, 11) is 1.44. The molecule has 0 bridgehead atoms. The highest BCUT2D eigenvalue weighted by Gasteiger charge is 2.34. The molecule has 1 aliphatic heterocycles. The van der Waals surface area contributed by atoms with Gasteiger partial charge in [-0.15, -0.1) is 5.10 Å². The monoisotopic (exact) mass is 478 g/mol. The number of nitrogens with zero attached hydrogens (tertiary/aromatic N) is 4. The second-order valence-corrected chi connectivity index (χ2v) is 8.00. The molecule has 0 spiro atoms. The van der Waals surface area contributed by atoms with Crippen molar-refractivity contribution in [3.05, 3.63) is 92.8 Å². The van der Waals surface area contributed by atoms with Gasteiger partial charge in [-0.05, 0) is 65.4 Å². The SMILES string of the molecule is COc1cc(/C=C2\S/C(=N/N=C\c3ccc([N+](=O)[O-])cc3)N(Cc3ccco3)C2=O)ccc1O. The number of hydrogen-bond acceptors (Lipinski definition) is 9. The number of ether oxygens (including phenoxy) is 1. The minimum absolute atomic E-state index is 0.00247. The first-order chi connectivity index (χ1) is 16.4. The zero-order valence-corrected chi connectivity index (χ0v) is 18.6. The van der Waals surface area contributed by atoms with Crippen LogP contribution in [0.4, 0.5) is 5.69 Å². The molecule has 10 nitrogen and oxygen atoms in total. The number of amides is 1. The average Bonchev–Trinajstić information content (AvgIpc) is 3.45. The number of hydrogen-bond donors (Lipinski definition) is 1. The Labute approximate surface area is 198 Å². The van der Waals surface area contributed by atoms with E-state index in [0.717, 1.165) is 11.8 Å². The van der Waals surface area contributed by atoms with Crippen LogP contribution < -0.4 is 4.74 Å². The van der Waals surface area contributed by atoms with Crippen molar-refractivity contribution < 1.29 is 24.0 Å². The van der Waals surface area contributed by atoms with Crippen LogP contribution >= 0.6 is 11.8 Å². The van der Waals surface area contributed by atoms with Gasteiger partial charge in [0.2, 0.25) is 0 Å². The molecule has 11 heteroatoms. The van der Waals surface area contributed by atoms with Gasteiger partial charge >= 0.3 is 0 Å². The first kappa shape index (κ1) is 22.8. The van der Waals surface area contributed by atoms with Crippen LogP contribution in [0.25, 0.3) is 6.08 Å². The second-order valence-electron chi connectivity index (χ2n) is 6.99. The van der Waals surface area contributed by atoms with E-state index in [2.05, 4.69) is 10.2 Å². The Morgan fingerprint density at radius 2 is 1.97 bits per heavy atom. The van der Waals surface area contributed by atoms with Crippen LogP contribution in [0, 0.1) is 10.1 Å².